The molecule has 0 radical (unpaired) electrons. The van der Waals surface area contributed by atoms with Gasteiger partial charge in [-0.2, -0.15) is 13.2 Å². The summed E-state index contributed by atoms with van der Waals surface area (Å²) in [4.78, 5) is 9.42. The minimum Gasteiger partial charge on any atom is -0.493 e. The zero-order valence-corrected chi connectivity index (χ0v) is 13.5. The van der Waals surface area contributed by atoms with E-state index in [-0.39, 0.29) is 11.3 Å². The van der Waals surface area contributed by atoms with Crippen molar-refractivity contribution in [2.45, 2.75) is 25.4 Å². The second-order valence-electron chi connectivity index (χ2n) is 5.61. The number of methoxy groups -OCH3 is 2. The molecule has 0 amide bonds. The molecule has 1 aromatic heterocycles. The lowest BCUT2D eigenvalue weighted by Crippen LogP contribution is -2.31. The summed E-state index contributed by atoms with van der Waals surface area (Å²) in [6, 6.07) is 3.34. The lowest BCUT2D eigenvalue weighted by molar-refractivity contribution is -0.144. The van der Waals surface area contributed by atoms with Gasteiger partial charge in [-0.25, -0.2) is 9.97 Å². The summed E-state index contributed by atoms with van der Waals surface area (Å²) >= 11 is 0. The first kappa shape index (κ1) is 16.6. The second kappa shape index (κ2) is 6.33. The highest BCUT2D eigenvalue weighted by atomic mass is 19.4. The van der Waals surface area contributed by atoms with Crippen molar-refractivity contribution in [2.24, 2.45) is 0 Å². The van der Waals surface area contributed by atoms with Crippen LogP contribution in [0.2, 0.25) is 0 Å². The number of piperidine rings is 1. The topological polar surface area (TPSA) is 47.5 Å². The number of nitrogens with zero attached hydrogens (tertiary/aromatic N) is 3. The van der Waals surface area contributed by atoms with Crippen molar-refractivity contribution >= 4 is 16.7 Å². The number of benzene rings is 1. The Kier molecular flexibility index (Phi) is 4.38. The smallest absolute Gasteiger partial charge is 0.451 e. The fourth-order valence-electron chi connectivity index (χ4n) is 2.97. The predicted molar refractivity (Wildman–Crippen MR) is 83.7 cm³/mol. The quantitative estimate of drug-likeness (QED) is 0.853. The molecule has 8 heteroatoms. The van der Waals surface area contributed by atoms with Crippen LogP contribution in [0.1, 0.15) is 25.1 Å². The van der Waals surface area contributed by atoms with Crippen LogP contribution in [0.5, 0.6) is 11.5 Å². The molecule has 0 unspecified atom stereocenters. The van der Waals surface area contributed by atoms with Gasteiger partial charge in [-0.1, -0.05) is 0 Å². The molecule has 0 N–H and O–H groups in total. The Hall–Kier alpha value is -2.25. The summed E-state index contributed by atoms with van der Waals surface area (Å²) in [6.45, 7) is 1.36. The van der Waals surface area contributed by atoms with Gasteiger partial charge in [-0.05, 0) is 31.4 Å². The molecule has 1 saturated heterocycles. The zero-order valence-electron chi connectivity index (χ0n) is 13.5. The van der Waals surface area contributed by atoms with Crippen LogP contribution in [0.4, 0.5) is 19.0 Å². The number of ether oxygens (including phenoxy) is 2. The Bertz CT molecular complexity index is 743. The molecule has 1 aromatic carbocycles. The maximum Gasteiger partial charge on any atom is 0.451 e. The molecule has 2 heterocycles. The lowest BCUT2D eigenvalue weighted by Gasteiger charge is -2.29. The van der Waals surface area contributed by atoms with E-state index in [9.17, 15) is 13.2 Å². The number of anilines is 1. The van der Waals surface area contributed by atoms with Crippen molar-refractivity contribution in [3.05, 3.63) is 18.0 Å². The number of alkyl halides is 3. The SMILES string of the molecule is COc1ccc2c(N3CCCCC3)nc(C(F)(F)F)nc2c1OC. The van der Waals surface area contributed by atoms with Crippen LogP contribution in [0, 0.1) is 0 Å². The van der Waals surface area contributed by atoms with Crippen LogP contribution < -0.4 is 14.4 Å². The molecule has 0 aliphatic carbocycles. The van der Waals surface area contributed by atoms with E-state index < -0.39 is 12.0 Å². The van der Waals surface area contributed by atoms with Crippen molar-refractivity contribution in [1.82, 2.24) is 9.97 Å². The summed E-state index contributed by atoms with van der Waals surface area (Å²) in [7, 11) is 2.81. The van der Waals surface area contributed by atoms with E-state index in [0.29, 0.717) is 30.0 Å². The molecule has 0 spiro atoms. The van der Waals surface area contributed by atoms with Crippen molar-refractivity contribution in [3.8, 4) is 11.5 Å². The van der Waals surface area contributed by atoms with Gasteiger partial charge in [0.1, 0.15) is 11.3 Å². The third kappa shape index (κ3) is 2.92. The van der Waals surface area contributed by atoms with E-state index >= 15 is 0 Å². The molecule has 1 aliphatic heterocycles. The Balaban J connectivity index is 2.28. The monoisotopic (exact) mass is 341 g/mol. The van der Waals surface area contributed by atoms with Gasteiger partial charge in [0.25, 0.3) is 0 Å². The minimum atomic E-state index is -4.63. The molecule has 2 aromatic rings. The van der Waals surface area contributed by atoms with Crippen molar-refractivity contribution in [1.29, 1.82) is 0 Å². The third-order valence-electron chi connectivity index (χ3n) is 4.10. The van der Waals surface area contributed by atoms with Gasteiger partial charge in [0.05, 0.1) is 14.2 Å². The first-order chi connectivity index (χ1) is 11.5. The third-order valence-corrected chi connectivity index (χ3v) is 4.10. The predicted octanol–water partition coefficient (Wildman–Crippen LogP) is 3.66. The first-order valence-electron chi connectivity index (χ1n) is 7.70. The van der Waals surface area contributed by atoms with Crippen molar-refractivity contribution in [3.63, 3.8) is 0 Å². The Morgan fingerprint density at radius 2 is 1.71 bits per heavy atom. The van der Waals surface area contributed by atoms with Gasteiger partial charge >= 0.3 is 6.18 Å². The van der Waals surface area contributed by atoms with E-state index in [2.05, 4.69) is 9.97 Å². The number of aromatic nitrogens is 2. The van der Waals surface area contributed by atoms with Crippen LogP contribution in [-0.4, -0.2) is 37.3 Å². The number of fused-ring (bicyclic) bond motifs is 1. The minimum absolute atomic E-state index is 0.111. The van der Waals surface area contributed by atoms with E-state index in [1.807, 2.05) is 4.90 Å². The van der Waals surface area contributed by atoms with Gasteiger partial charge in [-0.15, -0.1) is 0 Å². The zero-order chi connectivity index (χ0) is 17.3. The fraction of sp³-hybridized carbons (Fsp3) is 0.500. The fourth-order valence-corrected chi connectivity index (χ4v) is 2.97. The number of halogens is 3. The Labute approximate surface area is 137 Å². The summed E-state index contributed by atoms with van der Waals surface area (Å²) < 4.78 is 50.2. The largest absolute Gasteiger partial charge is 0.493 e. The molecule has 0 saturated carbocycles. The Morgan fingerprint density at radius 3 is 2.29 bits per heavy atom. The van der Waals surface area contributed by atoms with Crippen molar-refractivity contribution in [2.75, 3.05) is 32.2 Å². The van der Waals surface area contributed by atoms with Gasteiger partial charge < -0.3 is 14.4 Å². The van der Waals surface area contributed by atoms with Gasteiger partial charge in [0, 0.05) is 18.5 Å². The van der Waals surface area contributed by atoms with E-state index in [1.54, 1.807) is 12.1 Å². The number of rotatable bonds is 3. The molecular weight excluding hydrogens is 323 g/mol. The standard InChI is InChI=1S/C16H18F3N3O2/c1-23-11-7-6-10-12(13(11)24-2)20-15(16(17,18)19)21-14(10)22-8-4-3-5-9-22/h6-7H,3-5,8-9H2,1-2H3. The average molecular weight is 341 g/mol. The molecule has 3 rings (SSSR count). The molecular formula is C16H18F3N3O2. The Morgan fingerprint density at radius 1 is 1.00 bits per heavy atom. The highest BCUT2D eigenvalue weighted by molar-refractivity contribution is 5.95. The first-order valence-corrected chi connectivity index (χ1v) is 7.70. The van der Waals surface area contributed by atoms with Crippen LogP contribution in [0.15, 0.2) is 12.1 Å². The van der Waals surface area contributed by atoms with Crippen LogP contribution in [0.3, 0.4) is 0 Å². The summed E-state index contributed by atoms with van der Waals surface area (Å²) in [5.41, 5.74) is 0.111. The molecule has 1 fully saturated rings. The van der Waals surface area contributed by atoms with Gasteiger partial charge in [0.15, 0.2) is 11.5 Å². The second-order valence-corrected chi connectivity index (χ2v) is 5.61. The van der Waals surface area contributed by atoms with Gasteiger partial charge in [0.2, 0.25) is 5.82 Å². The van der Waals surface area contributed by atoms with Crippen LogP contribution >= 0.6 is 0 Å². The van der Waals surface area contributed by atoms with E-state index in [4.69, 9.17) is 9.47 Å². The summed E-state index contributed by atoms with van der Waals surface area (Å²) in [5.74, 6) is -0.349. The van der Waals surface area contributed by atoms with E-state index in [0.717, 1.165) is 19.3 Å². The number of hydrogen-bond donors (Lipinski definition) is 0. The number of hydrogen-bond acceptors (Lipinski definition) is 5. The van der Waals surface area contributed by atoms with Crippen LogP contribution in [0.25, 0.3) is 10.9 Å². The van der Waals surface area contributed by atoms with Crippen molar-refractivity contribution < 1.29 is 22.6 Å². The van der Waals surface area contributed by atoms with Gasteiger partial charge in [-0.3, -0.25) is 0 Å². The molecule has 0 bridgehead atoms. The maximum atomic E-state index is 13.3. The normalized spacial score (nSPS) is 15.6. The molecule has 24 heavy (non-hydrogen) atoms. The summed E-state index contributed by atoms with van der Waals surface area (Å²) in [6.07, 6.45) is -1.70. The molecule has 5 nitrogen and oxygen atoms in total. The molecule has 1 aliphatic rings. The van der Waals surface area contributed by atoms with Crippen LogP contribution in [-0.2, 0) is 6.18 Å². The summed E-state index contributed by atoms with van der Waals surface area (Å²) in [5, 5.41) is 0.530. The highest BCUT2D eigenvalue weighted by Gasteiger charge is 2.37. The van der Waals surface area contributed by atoms with E-state index in [1.165, 1.54) is 14.2 Å². The lowest BCUT2D eigenvalue weighted by atomic mass is 10.1. The molecule has 0 atom stereocenters. The highest BCUT2D eigenvalue weighted by Crippen LogP contribution is 2.40. The maximum absolute atomic E-state index is 13.3. The molecule has 130 valence electrons. The average Bonchev–Trinajstić information content (AvgIpc) is 2.59.